The smallest absolute Gasteiger partial charge is 0.274 e. The molecule has 8 heteroatoms. The van der Waals surface area contributed by atoms with E-state index in [0.29, 0.717) is 18.0 Å². The molecule has 0 radical (unpaired) electrons. The zero-order chi connectivity index (χ0) is 14.4. The summed E-state index contributed by atoms with van der Waals surface area (Å²) in [5.41, 5.74) is 0.538. The zero-order valence-corrected chi connectivity index (χ0v) is 11.9. The number of hydrogen-bond acceptors (Lipinski definition) is 6. The third kappa shape index (κ3) is 3.86. The van der Waals surface area contributed by atoms with Gasteiger partial charge in [0.1, 0.15) is 5.76 Å². The van der Waals surface area contributed by atoms with Gasteiger partial charge in [0.25, 0.3) is 10.0 Å². The number of furan rings is 1. The third-order valence-corrected chi connectivity index (χ3v) is 3.80. The second-order valence-electron chi connectivity index (χ2n) is 4.04. The van der Waals surface area contributed by atoms with Gasteiger partial charge in [-0.3, -0.25) is 0 Å². The number of rotatable bonds is 7. The molecular formula is C12H16N4O3S. The van der Waals surface area contributed by atoms with Crippen molar-refractivity contribution < 1.29 is 12.8 Å². The average Bonchev–Trinajstić information content (AvgIpc) is 2.94. The lowest BCUT2D eigenvalue weighted by atomic mass is 10.4. The molecule has 2 aromatic rings. The molecule has 0 fully saturated rings. The average molecular weight is 296 g/mol. The van der Waals surface area contributed by atoms with Gasteiger partial charge in [-0.15, -0.1) is 0 Å². The number of aromatic nitrogens is 2. The minimum atomic E-state index is -3.67. The Labute approximate surface area is 117 Å². The fourth-order valence-corrected chi connectivity index (χ4v) is 2.46. The number of nitrogens with one attached hydrogen (secondary N) is 2. The van der Waals surface area contributed by atoms with Crippen LogP contribution >= 0.6 is 0 Å². The predicted octanol–water partition coefficient (Wildman–Crippen LogP) is 0.658. The van der Waals surface area contributed by atoms with E-state index in [0.717, 1.165) is 6.54 Å². The van der Waals surface area contributed by atoms with Crippen LogP contribution in [0, 0.1) is 0 Å². The van der Waals surface area contributed by atoms with Crippen molar-refractivity contribution in [2.45, 2.75) is 25.1 Å². The number of nitrogens with zero attached hydrogens (tertiary/aromatic N) is 2. The zero-order valence-electron chi connectivity index (χ0n) is 11.0. The SMILES string of the molecule is CCNCc1ccc(S(=O)(=O)NCc2cccnn2)o1. The summed E-state index contributed by atoms with van der Waals surface area (Å²) in [6.07, 6.45) is 1.53. The minimum absolute atomic E-state index is 0.0689. The van der Waals surface area contributed by atoms with E-state index in [1.165, 1.54) is 12.3 Å². The summed E-state index contributed by atoms with van der Waals surface area (Å²) < 4.78 is 31.7. The fourth-order valence-electron chi connectivity index (χ4n) is 1.51. The molecule has 2 N–H and O–H groups in total. The van der Waals surface area contributed by atoms with Gasteiger partial charge in [0.15, 0.2) is 0 Å². The molecule has 2 aromatic heterocycles. The highest BCUT2D eigenvalue weighted by Gasteiger charge is 2.18. The first-order valence-electron chi connectivity index (χ1n) is 6.17. The molecule has 0 aliphatic heterocycles. The molecule has 0 bridgehead atoms. The fraction of sp³-hybridized carbons (Fsp3) is 0.333. The molecule has 0 unspecified atom stereocenters. The first-order chi connectivity index (χ1) is 9.62. The van der Waals surface area contributed by atoms with Crippen molar-refractivity contribution in [3.05, 3.63) is 41.9 Å². The van der Waals surface area contributed by atoms with Crippen LogP contribution in [0.5, 0.6) is 0 Å². The Balaban J connectivity index is 2.01. The Morgan fingerprint density at radius 2 is 2.10 bits per heavy atom. The van der Waals surface area contributed by atoms with E-state index in [9.17, 15) is 8.42 Å². The van der Waals surface area contributed by atoms with Gasteiger partial charge in [-0.2, -0.15) is 10.2 Å². The van der Waals surface area contributed by atoms with Gasteiger partial charge in [0.2, 0.25) is 5.09 Å². The first-order valence-corrected chi connectivity index (χ1v) is 7.66. The number of hydrogen-bond donors (Lipinski definition) is 2. The largest absolute Gasteiger partial charge is 0.447 e. The Morgan fingerprint density at radius 1 is 1.25 bits per heavy atom. The molecule has 7 nitrogen and oxygen atoms in total. The maximum atomic E-state index is 12.0. The summed E-state index contributed by atoms with van der Waals surface area (Å²) in [5, 5.41) is 10.4. The van der Waals surface area contributed by atoms with Crippen molar-refractivity contribution in [3.63, 3.8) is 0 Å². The molecule has 108 valence electrons. The summed E-state index contributed by atoms with van der Waals surface area (Å²) in [5.74, 6) is 0.576. The van der Waals surface area contributed by atoms with E-state index in [4.69, 9.17) is 4.42 Å². The summed E-state index contributed by atoms with van der Waals surface area (Å²) in [6.45, 7) is 3.31. The third-order valence-electron chi connectivity index (χ3n) is 2.52. The van der Waals surface area contributed by atoms with Crippen molar-refractivity contribution in [3.8, 4) is 0 Å². The normalized spacial score (nSPS) is 11.7. The van der Waals surface area contributed by atoms with Gasteiger partial charge in [0.05, 0.1) is 18.8 Å². The molecule has 20 heavy (non-hydrogen) atoms. The highest BCUT2D eigenvalue weighted by molar-refractivity contribution is 7.89. The lowest BCUT2D eigenvalue weighted by Gasteiger charge is -2.03. The predicted molar refractivity (Wildman–Crippen MR) is 72.1 cm³/mol. The van der Waals surface area contributed by atoms with Gasteiger partial charge in [-0.05, 0) is 30.8 Å². The van der Waals surface area contributed by atoms with E-state index in [2.05, 4.69) is 20.2 Å². The maximum absolute atomic E-state index is 12.0. The molecule has 0 saturated carbocycles. The van der Waals surface area contributed by atoms with Crippen LogP contribution in [0.15, 0.2) is 40.0 Å². The Morgan fingerprint density at radius 3 is 2.80 bits per heavy atom. The van der Waals surface area contributed by atoms with Crippen LogP contribution in [0.2, 0.25) is 0 Å². The molecule has 0 aromatic carbocycles. The topological polar surface area (TPSA) is 97.1 Å². The van der Waals surface area contributed by atoms with Crippen molar-refractivity contribution in [2.24, 2.45) is 0 Å². The summed E-state index contributed by atoms with van der Waals surface area (Å²) in [7, 11) is -3.67. The molecule has 0 amide bonds. The minimum Gasteiger partial charge on any atom is -0.447 e. The van der Waals surface area contributed by atoms with Crippen molar-refractivity contribution >= 4 is 10.0 Å². The second-order valence-corrected chi connectivity index (χ2v) is 5.74. The monoisotopic (exact) mass is 296 g/mol. The van der Waals surface area contributed by atoms with E-state index in [1.54, 1.807) is 18.2 Å². The first kappa shape index (κ1) is 14.6. The van der Waals surface area contributed by atoms with Crippen LogP contribution in [0.4, 0.5) is 0 Å². The molecule has 0 atom stereocenters. The molecular weight excluding hydrogens is 280 g/mol. The Hall–Kier alpha value is -1.77. The van der Waals surface area contributed by atoms with Gasteiger partial charge in [0, 0.05) is 6.20 Å². The Bertz CT molecular complexity index is 640. The molecule has 2 heterocycles. The van der Waals surface area contributed by atoms with Crippen molar-refractivity contribution in [2.75, 3.05) is 6.54 Å². The van der Waals surface area contributed by atoms with Crippen LogP contribution in [-0.4, -0.2) is 25.2 Å². The van der Waals surface area contributed by atoms with E-state index >= 15 is 0 Å². The van der Waals surface area contributed by atoms with E-state index in [-0.39, 0.29) is 11.6 Å². The lowest BCUT2D eigenvalue weighted by Crippen LogP contribution is -2.23. The molecule has 0 aliphatic carbocycles. The summed E-state index contributed by atoms with van der Waals surface area (Å²) in [6, 6.07) is 6.46. The second kappa shape index (κ2) is 6.60. The van der Waals surface area contributed by atoms with Crippen molar-refractivity contribution in [1.29, 1.82) is 0 Å². The highest BCUT2D eigenvalue weighted by atomic mass is 32.2. The van der Waals surface area contributed by atoms with Crippen molar-refractivity contribution in [1.82, 2.24) is 20.2 Å². The lowest BCUT2D eigenvalue weighted by molar-refractivity contribution is 0.401. The van der Waals surface area contributed by atoms with Gasteiger partial charge in [-0.25, -0.2) is 13.1 Å². The van der Waals surface area contributed by atoms with Gasteiger partial charge >= 0.3 is 0 Å². The molecule has 0 aliphatic rings. The summed E-state index contributed by atoms with van der Waals surface area (Å²) in [4.78, 5) is 0. The van der Waals surface area contributed by atoms with E-state index in [1.807, 2.05) is 6.92 Å². The number of sulfonamides is 1. The maximum Gasteiger partial charge on any atom is 0.274 e. The highest BCUT2D eigenvalue weighted by Crippen LogP contribution is 2.13. The quantitative estimate of drug-likeness (QED) is 0.779. The van der Waals surface area contributed by atoms with Crippen LogP contribution in [0.3, 0.4) is 0 Å². The molecule has 2 rings (SSSR count). The summed E-state index contributed by atoms with van der Waals surface area (Å²) >= 11 is 0. The standard InChI is InChI=1S/C12H16N4O3S/c1-2-13-9-11-5-6-12(19-11)20(17,18)15-8-10-4-3-7-14-16-10/h3-7,13,15H,2,8-9H2,1H3. The Kier molecular flexibility index (Phi) is 4.83. The van der Waals surface area contributed by atoms with Gasteiger partial charge < -0.3 is 9.73 Å². The van der Waals surface area contributed by atoms with Gasteiger partial charge in [-0.1, -0.05) is 6.92 Å². The van der Waals surface area contributed by atoms with E-state index < -0.39 is 10.0 Å². The molecule has 0 spiro atoms. The van der Waals surface area contributed by atoms with Crippen LogP contribution < -0.4 is 10.0 Å². The molecule has 0 saturated heterocycles. The van der Waals surface area contributed by atoms with Crippen LogP contribution in [0.1, 0.15) is 18.4 Å². The van der Waals surface area contributed by atoms with Crippen LogP contribution in [0.25, 0.3) is 0 Å². The van der Waals surface area contributed by atoms with Crippen LogP contribution in [-0.2, 0) is 23.1 Å².